The van der Waals surface area contributed by atoms with Crippen LogP contribution < -0.4 is 20.4 Å². The molecule has 0 N–H and O–H groups in total. The molecule has 0 aromatic heterocycles. The fraction of sp³-hybridized carbons (Fsp3) is 0.364. The van der Waals surface area contributed by atoms with Gasteiger partial charge in [-0.25, -0.2) is 0 Å². The summed E-state index contributed by atoms with van der Waals surface area (Å²) >= 11 is 0. The quantitative estimate of drug-likeness (QED) is 0.131. The number of hydrogen-bond donors (Lipinski definition) is 0. The Hall–Kier alpha value is -4.77. The molecule has 0 aromatic rings. The normalized spacial score (nSPS) is 7.71. The van der Waals surface area contributed by atoms with Crippen LogP contribution in [0.3, 0.4) is 0 Å². The predicted molar refractivity (Wildman–Crippen MR) is 115 cm³/mol. The maximum absolute atomic E-state index is 10.1. The van der Waals surface area contributed by atoms with Crippen molar-refractivity contribution in [1.82, 2.24) is 0 Å². The summed E-state index contributed by atoms with van der Waals surface area (Å²) in [6, 6.07) is 0. The second-order valence-corrected chi connectivity index (χ2v) is 6.36. The largest absolute Gasteiger partial charge is 4.00 e. The molecule has 0 spiro atoms. The average molecular weight is 769 g/mol. The summed E-state index contributed by atoms with van der Waals surface area (Å²) in [5.74, 6) is -13.7. The van der Waals surface area contributed by atoms with Crippen LogP contribution in [0.1, 0.15) is 53.4 Å². The monoisotopic (exact) mass is 769 g/mol. The molecule has 0 aliphatic heterocycles. The SMILES string of the molecule is C=O.C=O.CC(=O)CC(=O)C(=O)[O-].CC(=O)CC(=O)C(=O)[O-].CC(=O)CC(=O)C(=O)[O-].CC(=O)CC(=O)C(=O)[O-].[Ir+4]. The smallest absolute Gasteiger partial charge is 0.542 e. The summed E-state index contributed by atoms with van der Waals surface area (Å²) in [5, 5.41) is 38.5. The maximum Gasteiger partial charge on any atom is 4.00 e. The van der Waals surface area contributed by atoms with Crippen LogP contribution >= 0.6 is 0 Å². The number of hydrogen-bond acceptors (Lipinski definition) is 18. The van der Waals surface area contributed by atoms with Crippen LogP contribution in [0.15, 0.2) is 0 Å². The third-order valence-electron chi connectivity index (χ3n) is 2.55. The number of ketones is 8. The van der Waals surface area contributed by atoms with Crippen molar-refractivity contribution in [2.75, 3.05) is 0 Å². The van der Waals surface area contributed by atoms with Crippen LogP contribution in [0.5, 0.6) is 0 Å². The fourth-order valence-corrected chi connectivity index (χ4v) is 1.19. The Morgan fingerprint density at radius 1 is 0.366 bits per heavy atom. The van der Waals surface area contributed by atoms with Crippen molar-refractivity contribution in [3.05, 3.63) is 0 Å². The van der Waals surface area contributed by atoms with Gasteiger partial charge in [0.15, 0.2) is 23.1 Å². The maximum atomic E-state index is 10.1. The standard InChI is InChI=1S/4C5H6O4.2CH2O.Ir/c4*1-3(6)2-4(7)5(8)9;2*1-2;/h4*2H2,1H3,(H,8,9);2*1H2;/q;;;;;;+4/p-4. The number of rotatable bonds is 12. The van der Waals surface area contributed by atoms with Crippen molar-refractivity contribution in [3.8, 4) is 0 Å². The molecule has 18 nitrogen and oxygen atoms in total. The van der Waals surface area contributed by atoms with Gasteiger partial charge in [0, 0.05) is 0 Å². The molecule has 0 saturated carbocycles. The van der Waals surface area contributed by atoms with Crippen molar-refractivity contribution >= 4 is 83.7 Å². The summed E-state index contributed by atoms with van der Waals surface area (Å²) in [6.45, 7) is 8.56. The Balaban J connectivity index is -0.0000000715. The zero-order valence-corrected chi connectivity index (χ0v) is 24.3. The molecule has 0 amide bonds. The molecule has 41 heavy (non-hydrogen) atoms. The molecular weight excluding hydrogens is 744 g/mol. The third kappa shape index (κ3) is 52.5. The van der Waals surface area contributed by atoms with Gasteiger partial charge in [-0.15, -0.1) is 0 Å². The first-order valence-corrected chi connectivity index (χ1v) is 9.67. The number of carbonyl (C=O) groups excluding carboxylic acids is 14. The van der Waals surface area contributed by atoms with Gasteiger partial charge in [0.2, 0.25) is 0 Å². The van der Waals surface area contributed by atoms with E-state index in [1.165, 1.54) is 0 Å². The van der Waals surface area contributed by atoms with Crippen LogP contribution in [-0.4, -0.2) is 83.7 Å². The van der Waals surface area contributed by atoms with Gasteiger partial charge < -0.3 is 49.2 Å². The third-order valence-corrected chi connectivity index (χ3v) is 2.55. The molecule has 19 heteroatoms. The fourth-order valence-electron chi connectivity index (χ4n) is 1.19. The zero-order valence-electron chi connectivity index (χ0n) is 21.9. The molecular formula is C22H24IrO18. The van der Waals surface area contributed by atoms with E-state index in [1.54, 1.807) is 0 Å². The molecule has 0 aliphatic carbocycles. The van der Waals surface area contributed by atoms with Gasteiger partial charge >= 0.3 is 20.1 Å². The number of aliphatic carboxylic acids is 4. The second-order valence-electron chi connectivity index (χ2n) is 6.36. The van der Waals surface area contributed by atoms with Crippen molar-refractivity contribution in [2.24, 2.45) is 0 Å². The van der Waals surface area contributed by atoms with Crippen molar-refractivity contribution < 1.29 is 108 Å². The van der Waals surface area contributed by atoms with Gasteiger partial charge in [-0.05, 0) is 27.7 Å². The number of carboxylic acid groups (broad SMARTS) is 4. The molecule has 1 radical (unpaired) electrons. The number of Topliss-reactive ketones (excluding diaryl/α,β-unsaturated/α-hetero) is 8. The summed E-state index contributed by atoms with van der Waals surface area (Å²) in [5.41, 5.74) is 0. The molecule has 229 valence electrons. The first kappa shape index (κ1) is 52.6. The van der Waals surface area contributed by atoms with E-state index in [1.807, 2.05) is 13.6 Å². The summed E-state index contributed by atoms with van der Waals surface area (Å²) in [7, 11) is 0. The second kappa shape index (κ2) is 33.3. The van der Waals surface area contributed by atoms with Crippen molar-refractivity contribution in [1.29, 1.82) is 0 Å². The van der Waals surface area contributed by atoms with E-state index in [-0.39, 0.29) is 20.1 Å². The first-order chi connectivity index (χ1) is 18.1. The topological polar surface area (TPSA) is 331 Å². The molecule has 0 unspecified atom stereocenters. The minimum atomic E-state index is -1.80. The molecule has 0 atom stereocenters. The van der Waals surface area contributed by atoms with Crippen molar-refractivity contribution in [3.63, 3.8) is 0 Å². The van der Waals surface area contributed by atoms with Gasteiger partial charge in [-0.1, -0.05) is 0 Å². The van der Waals surface area contributed by atoms with Crippen LogP contribution in [0, 0.1) is 0 Å². The Morgan fingerprint density at radius 3 is 0.488 bits per heavy atom. The molecule has 0 saturated heterocycles. The van der Waals surface area contributed by atoms with Crippen LogP contribution in [0.25, 0.3) is 0 Å². The van der Waals surface area contributed by atoms with Gasteiger partial charge in [-0.3, -0.25) is 38.4 Å². The molecule has 0 aliphatic rings. The Morgan fingerprint density at radius 2 is 0.463 bits per heavy atom. The molecule has 0 bridgehead atoms. The van der Waals surface area contributed by atoms with E-state index in [9.17, 15) is 78.0 Å². The molecule has 0 rings (SSSR count). The van der Waals surface area contributed by atoms with Gasteiger partial charge in [0.05, 0.1) is 25.7 Å². The van der Waals surface area contributed by atoms with Gasteiger partial charge in [0.25, 0.3) is 0 Å². The molecule has 0 aromatic carbocycles. The summed E-state index contributed by atoms with van der Waals surface area (Å²) < 4.78 is 0. The molecule has 0 heterocycles. The molecule has 0 fully saturated rings. The van der Waals surface area contributed by atoms with E-state index >= 15 is 0 Å². The summed E-state index contributed by atoms with van der Waals surface area (Å²) in [6.07, 6.45) is -2.27. The minimum absolute atomic E-state index is 0. The van der Waals surface area contributed by atoms with Gasteiger partial charge in [-0.2, -0.15) is 0 Å². The Bertz CT molecular complexity index is 825. The number of carboxylic acids is 4. The average Bonchev–Trinajstić information content (AvgIpc) is 2.81. The van der Waals surface area contributed by atoms with Gasteiger partial charge in [0.1, 0.15) is 60.6 Å². The van der Waals surface area contributed by atoms with Crippen LogP contribution in [0.2, 0.25) is 0 Å². The van der Waals surface area contributed by atoms with E-state index in [0.29, 0.717) is 0 Å². The minimum Gasteiger partial charge on any atom is -0.542 e. The Labute approximate surface area is 244 Å². The van der Waals surface area contributed by atoms with Crippen LogP contribution in [0.4, 0.5) is 0 Å². The zero-order chi connectivity index (χ0) is 33.8. The van der Waals surface area contributed by atoms with E-state index in [0.717, 1.165) is 27.7 Å². The van der Waals surface area contributed by atoms with Crippen LogP contribution in [-0.2, 0) is 87.2 Å². The number of carbonyl (C=O) groups is 14. The Kier molecular flexibility index (Phi) is 42.7. The first-order valence-electron chi connectivity index (χ1n) is 9.67. The van der Waals surface area contributed by atoms with E-state index in [4.69, 9.17) is 9.59 Å². The predicted octanol–water partition coefficient (Wildman–Crippen LogP) is -7.23. The van der Waals surface area contributed by atoms with E-state index in [2.05, 4.69) is 0 Å². The van der Waals surface area contributed by atoms with Crippen molar-refractivity contribution in [2.45, 2.75) is 53.4 Å². The van der Waals surface area contributed by atoms with E-state index < -0.39 is 95.8 Å². The summed E-state index contributed by atoms with van der Waals surface area (Å²) in [4.78, 5) is 135.